The number of pyridine rings is 1. The van der Waals surface area contributed by atoms with Crippen LogP contribution in [0, 0.1) is 0 Å². The topological polar surface area (TPSA) is 21.5 Å². The third kappa shape index (κ3) is 2.54. The highest BCUT2D eigenvalue weighted by atomic mass is 16.1. The van der Waals surface area contributed by atoms with Crippen LogP contribution in [0.1, 0.15) is 43.7 Å². The van der Waals surface area contributed by atoms with Gasteiger partial charge in [0, 0.05) is 21.5 Å². The van der Waals surface area contributed by atoms with E-state index in [9.17, 15) is 4.79 Å². The Hall–Kier alpha value is -4.69. The van der Waals surface area contributed by atoms with Gasteiger partial charge in [-0.2, -0.15) is 0 Å². The molecule has 0 amide bonds. The minimum Gasteiger partial charge on any atom is -0.275 e. The number of rotatable bonds is 2. The van der Waals surface area contributed by atoms with Crippen molar-refractivity contribution in [3.8, 4) is 11.1 Å². The van der Waals surface area contributed by atoms with Crippen LogP contribution in [0.2, 0.25) is 0 Å². The molecule has 2 heteroatoms. The first kappa shape index (κ1) is 23.1. The highest BCUT2D eigenvalue weighted by Gasteiger charge is 2.54. The van der Waals surface area contributed by atoms with Crippen molar-refractivity contribution in [3.05, 3.63) is 147 Å². The maximum atomic E-state index is 14.2. The monoisotopic (exact) mass is 527 g/mol. The number of para-hydroxylation sites is 1. The molecule has 3 aliphatic carbocycles. The van der Waals surface area contributed by atoms with Crippen molar-refractivity contribution in [2.24, 2.45) is 0 Å². The molecule has 2 aromatic heterocycles. The van der Waals surface area contributed by atoms with E-state index < -0.39 is 5.41 Å². The normalized spacial score (nSPS) is 19.9. The Bertz CT molecular complexity index is 2310. The lowest BCUT2D eigenvalue weighted by atomic mass is 9.66. The average Bonchev–Trinajstić information content (AvgIpc) is 3.62. The number of hydrogen-bond donors (Lipinski definition) is 0. The van der Waals surface area contributed by atoms with Gasteiger partial charge in [0.05, 0.1) is 16.4 Å². The quantitative estimate of drug-likeness (QED) is 0.206. The molecular weight excluding hydrogens is 498 g/mol. The lowest BCUT2D eigenvalue weighted by molar-refractivity contribution is 0.619. The molecule has 2 heterocycles. The Morgan fingerprint density at radius 3 is 2.41 bits per heavy atom. The fourth-order valence-corrected chi connectivity index (χ4v) is 8.76. The molecule has 41 heavy (non-hydrogen) atoms. The third-order valence-corrected chi connectivity index (χ3v) is 10.1. The first-order valence-corrected chi connectivity index (χ1v) is 14.8. The molecule has 0 unspecified atom stereocenters. The van der Waals surface area contributed by atoms with Crippen LogP contribution in [0.5, 0.6) is 0 Å². The molecular formula is C39H29NO. The zero-order chi connectivity index (χ0) is 27.5. The smallest absolute Gasteiger partial charge is 0.263 e. The molecule has 9 rings (SSSR count). The maximum Gasteiger partial charge on any atom is 0.263 e. The standard InChI is InChI=1S/C39H29NO/c1-3-12-24-25-14-7-9-19-32(25)39(31(24)4-2)33-20-10-8-15-26(33)27-21-22-34-35(36(27)39)30-18-11-17-28-23-13-5-6-16-29(23)38(41)40(34)37(28)30/h3-6,8,10-13,15-18,20-22H,2,7,9,14,19H2,1H3/b12-3-/t39-/m1/s1. The summed E-state index contributed by atoms with van der Waals surface area (Å²) in [6.45, 7) is 6.56. The zero-order valence-corrected chi connectivity index (χ0v) is 23.1. The zero-order valence-electron chi connectivity index (χ0n) is 23.1. The van der Waals surface area contributed by atoms with Crippen LogP contribution in [-0.4, -0.2) is 4.40 Å². The van der Waals surface area contributed by atoms with Gasteiger partial charge in [-0.3, -0.25) is 9.20 Å². The van der Waals surface area contributed by atoms with E-state index in [0.29, 0.717) is 0 Å². The fraction of sp³-hybridized carbons (Fsp3) is 0.154. The molecule has 0 radical (unpaired) electrons. The van der Waals surface area contributed by atoms with Gasteiger partial charge in [0.15, 0.2) is 0 Å². The summed E-state index contributed by atoms with van der Waals surface area (Å²) in [6, 6.07) is 28.1. The Balaban J connectivity index is 1.58. The number of fused-ring (bicyclic) bond motifs is 12. The molecule has 2 nitrogen and oxygen atoms in total. The summed E-state index contributed by atoms with van der Waals surface area (Å²) in [5.41, 5.74) is 12.6. The van der Waals surface area contributed by atoms with E-state index in [1.807, 2.05) is 22.6 Å². The van der Waals surface area contributed by atoms with Gasteiger partial charge in [-0.05, 0) is 94.7 Å². The Morgan fingerprint density at radius 1 is 0.805 bits per heavy atom. The Kier molecular flexibility index (Phi) is 4.47. The molecule has 1 atom stereocenters. The number of aromatic nitrogens is 1. The number of nitrogens with zero attached hydrogens (tertiary/aromatic N) is 1. The molecule has 1 spiro atoms. The van der Waals surface area contributed by atoms with Gasteiger partial charge in [0.2, 0.25) is 0 Å². The summed E-state index contributed by atoms with van der Waals surface area (Å²) < 4.78 is 1.99. The Morgan fingerprint density at radius 2 is 1.56 bits per heavy atom. The summed E-state index contributed by atoms with van der Waals surface area (Å²) in [5.74, 6) is 0. The van der Waals surface area contributed by atoms with Crippen molar-refractivity contribution in [1.82, 2.24) is 4.40 Å². The van der Waals surface area contributed by atoms with Gasteiger partial charge in [0.1, 0.15) is 0 Å². The second-order valence-electron chi connectivity index (χ2n) is 11.8. The largest absolute Gasteiger partial charge is 0.275 e. The van der Waals surface area contributed by atoms with Crippen LogP contribution < -0.4 is 5.56 Å². The predicted molar refractivity (Wildman–Crippen MR) is 171 cm³/mol. The molecule has 3 aliphatic rings. The van der Waals surface area contributed by atoms with Crippen LogP contribution >= 0.6 is 0 Å². The molecule has 0 saturated carbocycles. The van der Waals surface area contributed by atoms with E-state index in [0.717, 1.165) is 45.4 Å². The van der Waals surface area contributed by atoms with Crippen LogP contribution in [0.3, 0.4) is 0 Å². The highest BCUT2D eigenvalue weighted by molar-refractivity contribution is 6.22. The molecule has 4 aromatic carbocycles. The molecule has 0 aliphatic heterocycles. The summed E-state index contributed by atoms with van der Waals surface area (Å²) in [7, 11) is 0. The summed E-state index contributed by atoms with van der Waals surface area (Å²) >= 11 is 0. The van der Waals surface area contributed by atoms with E-state index >= 15 is 0 Å². The van der Waals surface area contributed by atoms with Crippen LogP contribution in [-0.2, 0) is 5.41 Å². The first-order chi connectivity index (χ1) is 20.2. The second kappa shape index (κ2) is 7.95. The molecule has 6 aromatic rings. The molecule has 196 valence electrons. The van der Waals surface area contributed by atoms with Crippen LogP contribution in [0.4, 0.5) is 0 Å². The predicted octanol–water partition coefficient (Wildman–Crippen LogP) is 9.41. The minimum atomic E-state index is -0.406. The average molecular weight is 528 g/mol. The third-order valence-electron chi connectivity index (χ3n) is 10.1. The summed E-state index contributed by atoms with van der Waals surface area (Å²) in [5, 5.41) is 5.28. The van der Waals surface area contributed by atoms with Crippen molar-refractivity contribution in [2.45, 2.75) is 38.0 Å². The molecule has 0 bridgehead atoms. The van der Waals surface area contributed by atoms with Crippen LogP contribution in [0.25, 0.3) is 49.1 Å². The highest BCUT2D eigenvalue weighted by Crippen LogP contribution is 2.65. The van der Waals surface area contributed by atoms with Gasteiger partial charge < -0.3 is 0 Å². The van der Waals surface area contributed by atoms with Gasteiger partial charge >= 0.3 is 0 Å². The van der Waals surface area contributed by atoms with Gasteiger partial charge in [-0.25, -0.2) is 0 Å². The fourth-order valence-electron chi connectivity index (χ4n) is 8.76. The minimum absolute atomic E-state index is 0.0573. The molecule has 0 fully saturated rings. The van der Waals surface area contributed by atoms with Gasteiger partial charge in [-0.15, -0.1) is 0 Å². The number of allylic oxidation sites excluding steroid dienone is 7. The van der Waals surface area contributed by atoms with Crippen molar-refractivity contribution in [1.29, 1.82) is 0 Å². The molecule has 0 N–H and O–H groups in total. The van der Waals surface area contributed by atoms with Gasteiger partial charge in [-0.1, -0.05) is 91.5 Å². The van der Waals surface area contributed by atoms with E-state index in [4.69, 9.17) is 0 Å². The lowest BCUT2D eigenvalue weighted by Gasteiger charge is -2.35. The van der Waals surface area contributed by atoms with E-state index in [-0.39, 0.29) is 5.56 Å². The summed E-state index contributed by atoms with van der Waals surface area (Å²) in [6.07, 6.45) is 11.2. The van der Waals surface area contributed by atoms with Crippen molar-refractivity contribution < 1.29 is 0 Å². The van der Waals surface area contributed by atoms with Crippen molar-refractivity contribution >= 4 is 38.0 Å². The lowest BCUT2D eigenvalue weighted by Crippen LogP contribution is -2.29. The van der Waals surface area contributed by atoms with E-state index in [1.165, 1.54) is 62.8 Å². The summed E-state index contributed by atoms with van der Waals surface area (Å²) in [4.78, 5) is 14.2. The SMILES string of the molecule is C=CC1=C(/C=C\C)C2=C(CCCC2)[C@@]12c1ccccc1-c1ccc3c(c12)c1cccc2c4ccccc4c(=O)n3c21. The van der Waals surface area contributed by atoms with Gasteiger partial charge in [0.25, 0.3) is 5.56 Å². The maximum absolute atomic E-state index is 14.2. The van der Waals surface area contributed by atoms with E-state index in [1.54, 1.807) is 0 Å². The number of hydrogen-bond acceptors (Lipinski definition) is 1. The molecule has 0 saturated heterocycles. The second-order valence-corrected chi connectivity index (χ2v) is 11.8. The van der Waals surface area contributed by atoms with Crippen molar-refractivity contribution in [3.63, 3.8) is 0 Å². The first-order valence-electron chi connectivity index (χ1n) is 14.8. The van der Waals surface area contributed by atoms with E-state index in [2.05, 4.69) is 92.4 Å². The number of benzene rings is 4. The Labute approximate surface area is 238 Å². The van der Waals surface area contributed by atoms with Crippen molar-refractivity contribution in [2.75, 3.05) is 0 Å². The van der Waals surface area contributed by atoms with Crippen LogP contribution in [0.15, 0.2) is 131 Å².